The average molecular weight is 298 g/mol. The monoisotopic (exact) mass is 297 g/mol. The number of anilines is 1. The van der Waals surface area contributed by atoms with Crippen LogP contribution in [0.1, 0.15) is 10.4 Å². The highest BCUT2D eigenvalue weighted by Gasteiger charge is 2.14. The van der Waals surface area contributed by atoms with E-state index in [4.69, 9.17) is 0 Å². The van der Waals surface area contributed by atoms with Crippen LogP contribution in [0.5, 0.6) is 0 Å². The van der Waals surface area contributed by atoms with E-state index >= 15 is 0 Å². The van der Waals surface area contributed by atoms with Crippen LogP contribution in [-0.2, 0) is 7.05 Å². The van der Waals surface area contributed by atoms with E-state index in [1.54, 1.807) is 25.4 Å². The van der Waals surface area contributed by atoms with Gasteiger partial charge in [0.25, 0.3) is 5.91 Å². The molecule has 0 radical (unpaired) electrons. The van der Waals surface area contributed by atoms with Gasteiger partial charge in [-0.1, -0.05) is 6.07 Å². The smallest absolute Gasteiger partial charge is 0.258 e. The third-order valence-corrected chi connectivity index (χ3v) is 3.06. The summed E-state index contributed by atoms with van der Waals surface area (Å²) in [7, 11) is 1.70. The fourth-order valence-electron chi connectivity index (χ4n) is 1.36. The molecule has 2 rings (SSSR count). The second-order valence-electron chi connectivity index (χ2n) is 3.40. The summed E-state index contributed by atoms with van der Waals surface area (Å²) in [6.45, 7) is 0. The second kappa shape index (κ2) is 4.67. The third-order valence-electron chi connectivity index (χ3n) is 2.26. The number of rotatable bonds is 2. The fraction of sp³-hybridized carbons (Fsp3) is 0.0909. The number of amides is 1. The molecule has 0 saturated heterocycles. The predicted molar refractivity (Wildman–Crippen MR) is 65.3 cm³/mol. The number of hydrogen-bond donors (Lipinski definition) is 1. The first-order chi connectivity index (χ1) is 8.09. The lowest BCUT2D eigenvalue weighted by molar-refractivity contribution is 0.102. The van der Waals surface area contributed by atoms with Gasteiger partial charge in [0.05, 0.1) is 16.2 Å². The van der Waals surface area contributed by atoms with Gasteiger partial charge in [-0.25, -0.2) is 4.39 Å². The van der Waals surface area contributed by atoms with E-state index in [2.05, 4.69) is 26.3 Å². The van der Waals surface area contributed by atoms with Crippen molar-refractivity contribution in [2.75, 3.05) is 5.32 Å². The zero-order chi connectivity index (χ0) is 12.4. The molecule has 0 aliphatic rings. The van der Waals surface area contributed by atoms with Crippen LogP contribution in [0.15, 0.2) is 34.9 Å². The Labute approximate surface area is 106 Å². The Morgan fingerprint density at radius 1 is 1.47 bits per heavy atom. The van der Waals surface area contributed by atoms with Crippen molar-refractivity contribution in [3.8, 4) is 0 Å². The summed E-state index contributed by atoms with van der Waals surface area (Å²) in [5.74, 6) is -0.311. The number of nitrogens with zero attached hydrogens (tertiary/aromatic N) is 2. The summed E-state index contributed by atoms with van der Waals surface area (Å²) < 4.78 is 14.9. The molecule has 1 heterocycles. The van der Waals surface area contributed by atoms with Gasteiger partial charge in [-0.15, -0.1) is 0 Å². The molecule has 1 amide bonds. The number of benzene rings is 1. The van der Waals surface area contributed by atoms with Gasteiger partial charge >= 0.3 is 0 Å². The largest absolute Gasteiger partial charge is 0.307 e. The normalized spacial score (nSPS) is 10.3. The predicted octanol–water partition coefficient (Wildman–Crippen LogP) is 2.57. The van der Waals surface area contributed by atoms with Crippen LogP contribution in [0.3, 0.4) is 0 Å². The number of nitrogens with one attached hydrogen (secondary N) is 1. The van der Waals surface area contributed by atoms with E-state index in [0.717, 1.165) is 0 Å². The number of aromatic nitrogens is 2. The van der Waals surface area contributed by atoms with Crippen molar-refractivity contribution in [2.45, 2.75) is 0 Å². The fourth-order valence-corrected chi connectivity index (χ4v) is 1.80. The molecule has 0 aliphatic heterocycles. The molecule has 0 spiro atoms. The van der Waals surface area contributed by atoms with Crippen molar-refractivity contribution >= 4 is 27.7 Å². The lowest BCUT2D eigenvalue weighted by Gasteiger charge is -2.07. The Kier molecular flexibility index (Phi) is 3.23. The number of carbonyl (C=O) groups is 1. The SMILES string of the molecule is Cn1nccc1NC(=O)c1cccc(F)c1Br. The average Bonchev–Trinajstić information content (AvgIpc) is 2.68. The molecule has 1 aromatic carbocycles. The van der Waals surface area contributed by atoms with Crippen LogP contribution in [-0.4, -0.2) is 15.7 Å². The number of carbonyl (C=O) groups excluding carboxylic acids is 1. The van der Waals surface area contributed by atoms with Gasteiger partial charge < -0.3 is 5.32 Å². The van der Waals surface area contributed by atoms with Gasteiger partial charge in [0.15, 0.2) is 0 Å². The summed E-state index contributed by atoms with van der Waals surface area (Å²) in [6, 6.07) is 5.97. The van der Waals surface area contributed by atoms with Crippen molar-refractivity contribution in [3.63, 3.8) is 0 Å². The second-order valence-corrected chi connectivity index (χ2v) is 4.19. The molecule has 1 aromatic heterocycles. The van der Waals surface area contributed by atoms with E-state index in [1.165, 1.54) is 16.8 Å². The molecule has 4 nitrogen and oxygen atoms in total. The van der Waals surface area contributed by atoms with E-state index < -0.39 is 5.82 Å². The highest BCUT2D eigenvalue weighted by atomic mass is 79.9. The number of halogens is 2. The number of hydrogen-bond acceptors (Lipinski definition) is 2. The van der Waals surface area contributed by atoms with Gasteiger partial charge in [-0.3, -0.25) is 9.48 Å². The standard InChI is InChI=1S/C11H9BrFN3O/c1-16-9(5-6-14-16)15-11(17)7-3-2-4-8(13)10(7)12/h2-6H,1H3,(H,15,17). The van der Waals surface area contributed by atoms with Crippen molar-refractivity contribution in [1.29, 1.82) is 0 Å². The van der Waals surface area contributed by atoms with Crippen molar-refractivity contribution in [3.05, 3.63) is 46.3 Å². The lowest BCUT2D eigenvalue weighted by atomic mass is 10.2. The van der Waals surface area contributed by atoms with Crippen LogP contribution in [0.4, 0.5) is 10.2 Å². The van der Waals surface area contributed by atoms with Crippen LogP contribution < -0.4 is 5.32 Å². The molecule has 88 valence electrons. The van der Waals surface area contributed by atoms with E-state index in [1.807, 2.05) is 0 Å². The van der Waals surface area contributed by atoms with Gasteiger partial charge in [0.1, 0.15) is 11.6 Å². The molecule has 0 unspecified atom stereocenters. The molecule has 0 aliphatic carbocycles. The Morgan fingerprint density at radius 2 is 2.24 bits per heavy atom. The molecular weight excluding hydrogens is 289 g/mol. The summed E-state index contributed by atoms with van der Waals surface area (Å²) in [5, 5.41) is 6.56. The van der Waals surface area contributed by atoms with Crippen molar-refractivity contribution in [2.24, 2.45) is 7.05 Å². The molecule has 0 atom stereocenters. The molecule has 0 fully saturated rings. The molecule has 17 heavy (non-hydrogen) atoms. The quantitative estimate of drug-likeness (QED) is 0.926. The Bertz CT molecular complexity index is 568. The number of aryl methyl sites for hydroxylation is 1. The van der Waals surface area contributed by atoms with E-state index in [-0.39, 0.29) is 15.9 Å². The van der Waals surface area contributed by atoms with Gasteiger partial charge in [0.2, 0.25) is 0 Å². The summed E-state index contributed by atoms with van der Waals surface area (Å²) >= 11 is 3.05. The Hall–Kier alpha value is -1.69. The van der Waals surface area contributed by atoms with Gasteiger partial charge in [0, 0.05) is 13.1 Å². The molecule has 6 heteroatoms. The minimum atomic E-state index is -0.470. The van der Waals surface area contributed by atoms with Crippen LogP contribution >= 0.6 is 15.9 Å². The molecule has 0 saturated carbocycles. The van der Waals surface area contributed by atoms with Gasteiger partial charge in [-0.05, 0) is 28.1 Å². The maximum absolute atomic E-state index is 13.3. The first-order valence-corrected chi connectivity index (χ1v) is 5.62. The summed E-state index contributed by atoms with van der Waals surface area (Å²) in [4.78, 5) is 11.9. The van der Waals surface area contributed by atoms with Crippen molar-refractivity contribution < 1.29 is 9.18 Å². The lowest BCUT2D eigenvalue weighted by Crippen LogP contribution is -2.15. The van der Waals surface area contributed by atoms with Crippen LogP contribution in [0.25, 0.3) is 0 Å². The third kappa shape index (κ3) is 2.36. The van der Waals surface area contributed by atoms with Crippen molar-refractivity contribution in [1.82, 2.24) is 9.78 Å². The topological polar surface area (TPSA) is 46.9 Å². The van der Waals surface area contributed by atoms with Crippen LogP contribution in [0, 0.1) is 5.82 Å². The first kappa shape index (κ1) is 11.8. The van der Waals surface area contributed by atoms with E-state index in [9.17, 15) is 9.18 Å². The molecule has 1 N–H and O–H groups in total. The maximum Gasteiger partial charge on any atom is 0.258 e. The summed E-state index contributed by atoms with van der Waals surface area (Å²) in [5.41, 5.74) is 0.242. The molecular formula is C11H9BrFN3O. The zero-order valence-electron chi connectivity index (χ0n) is 8.95. The van der Waals surface area contributed by atoms with Gasteiger partial charge in [-0.2, -0.15) is 5.10 Å². The Morgan fingerprint density at radius 3 is 2.88 bits per heavy atom. The minimum absolute atomic E-state index is 0.152. The molecule has 0 bridgehead atoms. The highest BCUT2D eigenvalue weighted by Crippen LogP contribution is 2.21. The minimum Gasteiger partial charge on any atom is -0.307 e. The maximum atomic E-state index is 13.3. The highest BCUT2D eigenvalue weighted by molar-refractivity contribution is 9.10. The zero-order valence-corrected chi connectivity index (χ0v) is 10.5. The summed E-state index contributed by atoms with van der Waals surface area (Å²) in [6.07, 6.45) is 1.57. The van der Waals surface area contributed by atoms with Crippen LogP contribution in [0.2, 0.25) is 0 Å². The van der Waals surface area contributed by atoms with E-state index in [0.29, 0.717) is 5.82 Å². The molecule has 2 aromatic rings. The first-order valence-electron chi connectivity index (χ1n) is 4.83. The Balaban J connectivity index is 2.27.